The molecule has 0 aromatic heterocycles. The van der Waals surface area contributed by atoms with Crippen LogP contribution in [0.25, 0.3) is 0 Å². The van der Waals surface area contributed by atoms with Crippen LogP contribution in [0.4, 0.5) is 0 Å². The second-order valence-corrected chi connectivity index (χ2v) is 6.36. The van der Waals surface area contributed by atoms with Gasteiger partial charge in [0.25, 0.3) is 10.1 Å². The second kappa shape index (κ2) is 7.03. The molecular weight excluding hydrogens is 264 g/mol. The number of aryl methyl sites for hydroxylation is 1. The van der Waals surface area contributed by atoms with E-state index in [1.165, 1.54) is 12.1 Å². The van der Waals surface area contributed by atoms with Crippen molar-refractivity contribution in [3.05, 3.63) is 29.8 Å². The molecule has 0 fully saturated rings. The maximum Gasteiger partial charge on any atom is 0.297 e. The molecule has 0 unspecified atom stereocenters. The predicted octanol–water partition coefficient (Wildman–Crippen LogP) is 2.64. The summed E-state index contributed by atoms with van der Waals surface area (Å²) in [7, 11) is -3.81. The van der Waals surface area contributed by atoms with Gasteiger partial charge in [-0.15, -0.1) is 0 Å². The van der Waals surface area contributed by atoms with Crippen molar-refractivity contribution >= 4 is 10.1 Å². The third kappa shape index (κ3) is 4.93. The minimum atomic E-state index is -3.81. The number of unbranched alkanes of at least 4 members (excludes halogenated alkanes) is 1. The summed E-state index contributed by atoms with van der Waals surface area (Å²) in [6.07, 6.45) is 0.771. The average molecular weight is 286 g/mol. The molecule has 0 aliphatic carbocycles. The highest BCUT2D eigenvalue weighted by atomic mass is 32.2. The van der Waals surface area contributed by atoms with Crippen LogP contribution in [0.15, 0.2) is 29.2 Å². The lowest BCUT2D eigenvalue weighted by molar-refractivity contribution is 0.0463. The van der Waals surface area contributed by atoms with Gasteiger partial charge in [0.05, 0.1) is 11.0 Å². The summed E-state index contributed by atoms with van der Waals surface area (Å²) < 4.78 is 29.3. The molecule has 1 aromatic carbocycles. The fourth-order valence-corrected chi connectivity index (χ4v) is 2.86. The molecule has 0 heterocycles. The van der Waals surface area contributed by atoms with E-state index in [2.05, 4.69) is 0 Å². The van der Waals surface area contributed by atoms with E-state index in [-0.39, 0.29) is 4.90 Å². The van der Waals surface area contributed by atoms with Gasteiger partial charge in [0.1, 0.15) is 6.10 Å². The molecule has 19 heavy (non-hydrogen) atoms. The Morgan fingerprint density at radius 1 is 1.26 bits per heavy atom. The lowest BCUT2D eigenvalue weighted by Gasteiger charge is -2.19. The molecular formula is C14H22O4S. The summed E-state index contributed by atoms with van der Waals surface area (Å²) >= 11 is 0. The summed E-state index contributed by atoms with van der Waals surface area (Å²) in [6.45, 7) is 5.44. The van der Waals surface area contributed by atoms with Crippen molar-refractivity contribution in [3.63, 3.8) is 0 Å². The van der Waals surface area contributed by atoms with Gasteiger partial charge in [0, 0.05) is 0 Å². The molecule has 1 N–H and O–H groups in total. The van der Waals surface area contributed by atoms with E-state index >= 15 is 0 Å². The Bertz CT molecular complexity index is 477. The first-order valence-electron chi connectivity index (χ1n) is 6.55. The average Bonchev–Trinajstić information content (AvgIpc) is 2.34. The highest BCUT2D eigenvalue weighted by Crippen LogP contribution is 2.19. The van der Waals surface area contributed by atoms with E-state index in [0.717, 1.165) is 18.4 Å². The molecule has 0 saturated carbocycles. The first kappa shape index (κ1) is 16.1. The first-order chi connectivity index (χ1) is 8.86. The fourth-order valence-electron chi connectivity index (χ4n) is 1.70. The maximum absolute atomic E-state index is 12.1. The maximum atomic E-state index is 12.1. The van der Waals surface area contributed by atoms with Crippen LogP contribution >= 0.6 is 0 Å². The Hall–Kier alpha value is -0.910. The summed E-state index contributed by atoms with van der Waals surface area (Å²) in [4.78, 5) is 0.125. The molecule has 4 nitrogen and oxygen atoms in total. The number of hydrogen-bond acceptors (Lipinski definition) is 4. The lowest BCUT2D eigenvalue weighted by atomic mass is 10.1. The van der Waals surface area contributed by atoms with Crippen molar-refractivity contribution < 1.29 is 17.7 Å². The van der Waals surface area contributed by atoms with Gasteiger partial charge in [0.15, 0.2) is 0 Å². The van der Waals surface area contributed by atoms with Crippen LogP contribution in [-0.2, 0) is 14.3 Å². The molecule has 1 rings (SSSR count). The molecule has 1 aromatic rings. The molecule has 108 valence electrons. The zero-order valence-electron chi connectivity index (χ0n) is 11.7. The SMILES string of the molecule is CCCC[C@H](OS(=O)(=O)c1ccc(C)cc1)[C@@H](C)O. The van der Waals surface area contributed by atoms with E-state index in [0.29, 0.717) is 6.42 Å². The smallest absolute Gasteiger partial charge is 0.297 e. The van der Waals surface area contributed by atoms with Crippen molar-refractivity contribution in [1.82, 2.24) is 0 Å². The Morgan fingerprint density at radius 2 is 1.84 bits per heavy atom. The first-order valence-corrected chi connectivity index (χ1v) is 7.95. The van der Waals surface area contributed by atoms with Gasteiger partial charge in [-0.3, -0.25) is 4.18 Å². The third-order valence-electron chi connectivity index (χ3n) is 2.94. The Balaban J connectivity index is 2.84. The zero-order valence-corrected chi connectivity index (χ0v) is 12.5. The highest BCUT2D eigenvalue weighted by Gasteiger charge is 2.24. The van der Waals surface area contributed by atoms with Crippen molar-refractivity contribution in [1.29, 1.82) is 0 Å². The van der Waals surface area contributed by atoms with Crippen LogP contribution < -0.4 is 0 Å². The van der Waals surface area contributed by atoms with Crippen LogP contribution in [0.5, 0.6) is 0 Å². The van der Waals surface area contributed by atoms with Gasteiger partial charge in [-0.05, 0) is 32.4 Å². The summed E-state index contributed by atoms with van der Waals surface area (Å²) in [5.41, 5.74) is 0.983. The molecule has 5 heteroatoms. The third-order valence-corrected chi connectivity index (χ3v) is 4.29. The van der Waals surface area contributed by atoms with E-state index in [1.54, 1.807) is 19.1 Å². The van der Waals surface area contributed by atoms with Gasteiger partial charge in [-0.1, -0.05) is 37.5 Å². The van der Waals surface area contributed by atoms with Gasteiger partial charge in [-0.2, -0.15) is 8.42 Å². The molecule has 0 bridgehead atoms. The number of aliphatic hydroxyl groups excluding tert-OH is 1. The van der Waals surface area contributed by atoms with Crippen LogP contribution in [0.3, 0.4) is 0 Å². The van der Waals surface area contributed by atoms with Crippen molar-refractivity contribution in [2.45, 2.75) is 57.1 Å². The molecule has 0 saturated heterocycles. The van der Waals surface area contributed by atoms with Crippen LogP contribution in [0.1, 0.15) is 38.7 Å². The van der Waals surface area contributed by atoms with Crippen molar-refractivity contribution in [2.24, 2.45) is 0 Å². The molecule has 0 radical (unpaired) electrons. The summed E-state index contributed by atoms with van der Waals surface area (Å²) in [5, 5.41) is 9.60. The van der Waals surface area contributed by atoms with E-state index in [9.17, 15) is 13.5 Å². The summed E-state index contributed by atoms with van der Waals surface area (Å²) in [5.74, 6) is 0. The van der Waals surface area contributed by atoms with Crippen molar-refractivity contribution in [2.75, 3.05) is 0 Å². The zero-order chi connectivity index (χ0) is 14.5. The number of aliphatic hydroxyl groups is 1. The fraction of sp³-hybridized carbons (Fsp3) is 0.571. The van der Waals surface area contributed by atoms with Crippen LogP contribution in [-0.4, -0.2) is 25.7 Å². The Labute approximate surface area is 115 Å². The van der Waals surface area contributed by atoms with Gasteiger partial charge in [0.2, 0.25) is 0 Å². The van der Waals surface area contributed by atoms with Crippen molar-refractivity contribution in [3.8, 4) is 0 Å². The minimum absolute atomic E-state index is 0.125. The normalized spacial score (nSPS) is 15.2. The predicted molar refractivity (Wildman–Crippen MR) is 74.4 cm³/mol. The number of rotatable bonds is 7. The Kier molecular flexibility index (Phi) is 5.97. The van der Waals surface area contributed by atoms with Gasteiger partial charge >= 0.3 is 0 Å². The van der Waals surface area contributed by atoms with Gasteiger partial charge < -0.3 is 5.11 Å². The van der Waals surface area contributed by atoms with Crippen LogP contribution in [0.2, 0.25) is 0 Å². The second-order valence-electron chi connectivity index (χ2n) is 4.78. The van der Waals surface area contributed by atoms with Crippen LogP contribution in [0, 0.1) is 6.92 Å². The molecule has 0 aliphatic rings. The number of hydrogen-bond donors (Lipinski definition) is 1. The largest absolute Gasteiger partial charge is 0.391 e. The molecule has 0 aliphatic heterocycles. The van der Waals surface area contributed by atoms with E-state index < -0.39 is 22.3 Å². The minimum Gasteiger partial charge on any atom is -0.391 e. The molecule has 0 amide bonds. The monoisotopic (exact) mass is 286 g/mol. The van der Waals surface area contributed by atoms with Gasteiger partial charge in [-0.25, -0.2) is 0 Å². The lowest BCUT2D eigenvalue weighted by Crippen LogP contribution is -2.29. The summed E-state index contributed by atoms with van der Waals surface area (Å²) in [6, 6.07) is 6.48. The topological polar surface area (TPSA) is 63.6 Å². The Morgan fingerprint density at radius 3 is 2.32 bits per heavy atom. The van der Waals surface area contributed by atoms with E-state index in [1.807, 2.05) is 13.8 Å². The molecule has 2 atom stereocenters. The van der Waals surface area contributed by atoms with E-state index in [4.69, 9.17) is 4.18 Å². The quantitative estimate of drug-likeness (QED) is 0.783. The standard InChI is InChI=1S/C14H22O4S/c1-4-5-6-14(12(3)15)18-19(16,17)13-9-7-11(2)8-10-13/h7-10,12,14-15H,4-6H2,1-3H3/t12-,14+/m1/s1. The number of benzene rings is 1. The molecule has 0 spiro atoms. The highest BCUT2D eigenvalue weighted by molar-refractivity contribution is 7.86.